The summed E-state index contributed by atoms with van der Waals surface area (Å²) in [4.78, 5) is 0. The summed E-state index contributed by atoms with van der Waals surface area (Å²) in [6.45, 7) is 6.62. The van der Waals surface area contributed by atoms with Gasteiger partial charge < -0.3 is 5.73 Å². The Hall–Kier alpha value is -0.0400. The lowest BCUT2D eigenvalue weighted by molar-refractivity contribution is 0.574. The third-order valence-electron chi connectivity index (χ3n) is 2.46. The van der Waals surface area contributed by atoms with Gasteiger partial charge in [-0.1, -0.05) is 20.8 Å². The Morgan fingerprint density at radius 1 is 1.43 bits per heavy atom. The molecule has 1 saturated carbocycles. The van der Waals surface area contributed by atoms with Crippen LogP contribution in [0.4, 0.5) is 0 Å². The van der Waals surface area contributed by atoms with Crippen molar-refractivity contribution in [2.24, 2.45) is 17.1 Å². The summed E-state index contributed by atoms with van der Waals surface area (Å²) < 4.78 is 0. The smallest absolute Gasteiger partial charge is 0.0125 e. The van der Waals surface area contributed by atoms with E-state index >= 15 is 0 Å². The molecule has 0 bridgehead atoms. The van der Waals surface area contributed by atoms with E-state index in [-0.39, 0.29) is 0 Å². The van der Waals surface area contributed by atoms with Gasteiger partial charge in [-0.3, -0.25) is 0 Å². The van der Waals surface area contributed by atoms with Gasteiger partial charge >= 0.3 is 0 Å². The topological polar surface area (TPSA) is 26.0 Å². The molecule has 0 aromatic carbocycles. The molecule has 1 nitrogen and oxygen atoms in total. The molecule has 0 aliphatic heterocycles. The highest BCUT2D eigenvalue weighted by atomic mass is 14.8. The maximum atomic E-state index is 5.64. The first-order valence-electron chi connectivity index (χ1n) is 2.82. The van der Waals surface area contributed by atoms with E-state index in [9.17, 15) is 0 Å². The van der Waals surface area contributed by atoms with Crippen LogP contribution in [0.3, 0.4) is 0 Å². The van der Waals surface area contributed by atoms with Gasteiger partial charge in [0.1, 0.15) is 0 Å². The molecule has 1 aliphatic rings. The quantitative estimate of drug-likeness (QED) is 0.481. The highest BCUT2D eigenvalue weighted by Gasteiger charge is 2.51. The molecule has 7 heavy (non-hydrogen) atoms. The maximum Gasteiger partial charge on any atom is 0.0125 e. The van der Waals surface area contributed by atoms with Gasteiger partial charge in [-0.2, -0.15) is 0 Å². The summed E-state index contributed by atoms with van der Waals surface area (Å²) in [6, 6.07) is 0.465. The van der Waals surface area contributed by atoms with Gasteiger partial charge in [0.15, 0.2) is 0 Å². The molecule has 2 N–H and O–H groups in total. The van der Waals surface area contributed by atoms with Crippen molar-refractivity contribution in [3.63, 3.8) is 0 Å². The van der Waals surface area contributed by atoms with Crippen LogP contribution in [-0.4, -0.2) is 6.04 Å². The number of rotatable bonds is 0. The highest BCUT2D eigenvalue weighted by Crippen LogP contribution is 2.49. The van der Waals surface area contributed by atoms with Gasteiger partial charge in [0.25, 0.3) is 0 Å². The molecule has 0 spiro atoms. The van der Waals surface area contributed by atoms with Crippen molar-refractivity contribution in [3.05, 3.63) is 0 Å². The van der Waals surface area contributed by atoms with Crippen molar-refractivity contribution >= 4 is 0 Å². The van der Waals surface area contributed by atoms with E-state index in [0.717, 1.165) is 5.92 Å². The molecule has 0 saturated heterocycles. The first-order chi connectivity index (χ1) is 3.07. The van der Waals surface area contributed by atoms with Crippen molar-refractivity contribution < 1.29 is 0 Å². The van der Waals surface area contributed by atoms with Crippen molar-refractivity contribution in [3.8, 4) is 0 Å². The minimum atomic E-state index is 0.444. The minimum Gasteiger partial charge on any atom is -0.327 e. The second-order valence-corrected chi connectivity index (χ2v) is 3.14. The van der Waals surface area contributed by atoms with Crippen LogP contribution in [0.5, 0.6) is 0 Å². The third-order valence-corrected chi connectivity index (χ3v) is 2.46. The molecule has 0 radical (unpaired) electrons. The molecule has 0 aromatic heterocycles. The first kappa shape index (κ1) is 5.10. The number of hydrogen-bond acceptors (Lipinski definition) is 1. The van der Waals surface area contributed by atoms with Gasteiger partial charge in [-0.25, -0.2) is 0 Å². The van der Waals surface area contributed by atoms with Crippen LogP contribution >= 0.6 is 0 Å². The Morgan fingerprint density at radius 2 is 1.57 bits per heavy atom. The van der Waals surface area contributed by atoms with E-state index in [1.165, 1.54) is 0 Å². The first-order valence-corrected chi connectivity index (χ1v) is 2.82. The molecule has 42 valence electrons. The molecular weight excluding hydrogens is 86.1 g/mol. The zero-order valence-corrected chi connectivity index (χ0v) is 5.23. The third kappa shape index (κ3) is 0.480. The van der Waals surface area contributed by atoms with E-state index in [0.29, 0.717) is 11.5 Å². The van der Waals surface area contributed by atoms with Gasteiger partial charge in [-0.15, -0.1) is 0 Å². The maximum absolute atomic E-state index is 5.64. The standard InChI is InChI=1S/C6H13N/c1-4-5(7)6(4,2)3/h4-5H,7H2,1-3H3/t4-,5-/m0/s1. The lowest BCUT2D eigenvalue weighted by Gasteiger charge is -1.93. The summed E-state index contributed by atoms with van der Waals surface area (Å²) >= 11 is 0. The van der Waals surface area contributed by atoms with Crippen LogP contribution in [0.2, 0.25) is 0 Å². The normalized spacial score (nSPS) is 46.3. The average Bonchev–Trinajstić information content (AvgIpc) is 1.91. The van der Waals surface area contributed by atoms with Crippen LogP contribution in [0.15, 0.2) is 0 Å². The van der Waals surface area contributed by atoms with E-state index in [1.807, 2.05) is 0 Å². The molecule has 1 fully saturated rings. The van der Waals surface area contributed by atoms with E-state index < -0.39 is 0 Å². The largest absolute Gasteiger partial charge is 0.327 e. The second kappa shape index (κ2) is 1.03. The second-order valence-electron chi connectivity index (χ2n) is 3.14. The molecule has 0 heterocycles. The monoisotopic (exact) mass is 99.1 g/mol. The zero-order chi connectivity index (χ0) is 5.65. The van der Waals surface area contributed by atoms with Crippen molar-refractivity contribution in [1.29, 1.82) is 0 Å². The van der Waals surface area contributed by atoms with E-state index in [2.05, 4.69) is 20.8 Å². The molecule has 1 aliphatic carbocycles. The fourth-order valence-corrected chi connectivity index (χ4v) is 0.940. The van der Waals surface area contributed by atoms with Gasteiger partial charge in [-0.05, 0) is 11.3 Å². The van der Waals surface area contributed by atoms with Crippen LogP contribution in [0.1, 0.15) is 20.8 Å². The summed E-state index contributed by atoms with van der Waals surface area (Å²) in [5.41, 5.74) is 6.09. The Kier molecular flexibility index (Phi) is 0.747. The minimum absolute atomic E-state index is 0.444. The predicted octanol–water partition coefficient (Wildman–Crippen LogP) is 0.990. The lowest BCUT2D eigenvalue weighted by atomic mass is 10.1. The number of nitrogens with two attached hydrogens (primary N) is 1. The summed E-state index contributed by atoms with van der Waals surface area (Å²) in [5, 5.41) is 0. The molecule has 1 rings (SSSR count). The van der Waals surface area contributed by atoms with Gasteiger partial charge in [0.2, 0.25) is 0 Å². The summed E-state index contributed by atoms with van der Waals surface area (Å²) in [5.74, 6) is 0.743. The van der Waals surface area contributed by atoms with E-state index in [1.54, 1.807) is 0 Å². The SMILES string of the molecule is C[C@H]1[C@H](N)C1(C)C. The Bertz CT molecular complexity index is 76.2. The lowest BCUT2D eigenvalue weighted by Crippen LogP contribution is -2.06. The fraction of sp³-hybridized carbons (Fsp3) is 1.00. The highest BCUT2D eigenvalue weighted by molar-refractivity contribution is 5.05. The van der Waals surface area contributed by atoms with Crippen molar-refractivity contribution in [1.82, 2.24) is 0 Å². The van der Waals surface area contributed by atoms with Crippen LogP contribution < -0.4 is 5.73 Å². The van der Waals surface area contributed by atoms with Crippen LogP contribution in [0, 0.1) is 11.3 Å². The fourth-order valence-electron chi connectivity index (χ4n) is 0.940. The average molecular weight is 99.2 g/mol. The molecule has 0 amide bonds. The molecule has 0 aromatic rings. The van der Waals surface area contributed by atoms with E-state index in [4.69, 9.17) is 5.73 Å². The molecule has 0 unspecified atom stereocenters. The predicted molar refractivity (Wildman–Crippen MR) is 30.9 cm³/mol. The van der Waals surface area contributed by atoms with Gasteiger partial charge in [0.05, 0.1) is 0 Å². The zero-order valence-electron chi connectivity index (χ0n) is 5.23. The Balaban J connectivity index is 2.52. The molecule has 1 heteroatoms. The van der Waals surface area contributed by atoms with Crippen LogP contribution in [0.25, 0.3) is 0 Å². The Labute approximate surface area is 44.9 Å². The summed E-state index contributed by atoms with van der Waals surface area (Å²) in [7, 11) is 0. The van der Waals surface area contributed by atoms with Gasteiger partial charge in [0, 0.05) is 6.04 Å². The van der Waals surface area contributed by atoms with Crippen LogP contribution in [-0.2, 0) is 0 Å². The van der Waals surface area contributed by atoms with Crippen molar-refractivity contribution in [2.75, 3.05) is 0 Å². The van der Waals surface area contributed by atoms with Crippen molar-refractivity contribution in [2.45, 2.75) is 26.8 Å². The summed E-state index contributed by atoms with van der Waals surface area (Å²) in [6.07, 6.45) is 0. The molecule has 2 atom stereocenters. The Morgan fingerprint density at radius 3 is 1.57 bits per heavy atom. The molecular formula is C6H13N. The number of hydrogen-bond donors (Lipinski definition) is 1.